The van der Waals surface area contributed by atoms with Gasteiger partial charge in [-0.15, -0.1) is 0 Å². The van der Waals surface area contributed by atoms with Crippen molar-refractivity contribution in [2.75, 3.05) is 25.0 Å². The molecule has 174 valence electrons. The molecule has 6 nitrogen and oxygen atoms in total. The Labute approximate surface area is 196 Å². The van der Waals surface area contributed by atoms with E-state index in [1.807, 2.05) is 11.0 Å². The molecular weight excluding hydrogens is 420 g/mol. The molecule has 0 bridgehead atoms. The number of carbonyl (C=O) groups is 1. The lowest BCUT2D eigenvalue weighted by Crippen LogP contribution is -2.34. The van der Waals surface area contributed by atoms with Crippen LogP contribution in [0.15, 0.2) is 27.8 Å². The van der Waals surface area contributed by atoms with E-state index < -0.39 is 0 Å². The number of nitrogens with zero attached hydrogens (tertiary/aromatic N) is 4. The maximum absolute atomic E-state index is 12.6. The highest BCUT2D eigenvalue weighted by Crippen LogP contribution is 2.31. The predicted molar refractivity (Wildman–Crippen MR) is 129 cm³/mol. The molecular formula is C25H36N4O2S. The van der Waals surface area contributed by atoms with Gasteiger partial charge in [0.15, 0.2) is 10.9 Å². The monoisotopic (exact) mass is 456 g/mol. The molecule has 1 saturated heterocycles. The quantitative estimate of drug-likeness (QED) is 0.413. The van der Waals surface area contributed by atoms with Crippen LogP contribution >= 0.6 is 11.8 Å². The summed E-state index contributed by atoms with van der Waals surface area (Å²) in [5.74, 6) is 2.83. The molecule has 0 atom stereocenters. The Bertz CT molecular complexity index is 924. The van der Waals surface area contributed by atoms with Gasteiger partial charge in [-0.05, 0) is 37.8 Å². The van der Waals surface area contributed by atoms with E-state index in [9.17, 15) is 4.79 Å². The highest BCUT2D eigenvalue weighted by atomic mass is 32.2. The van der Waals surface area contributed by atoms with Crippen LogP contribution in [0.4, 0.5) is 5.82 Å². The minimum atomic E-state index is -0.0552. The van der Waals surface area contributed by atoms with Crippen LogP contribution in [0.3, 0.4) is 0 Å². The number of likely N-dealkylation sites (tertiary alicyclic amines) is 1. The Kier molecular flexibility index (Phi) is 7.13. The zero-order chi connectivity index (χ0) is 22.7. The summed E-state index contributed by atoms with van der Waals surface area (Å²) in [6.45, 7) is 8.23. The highest BCUT2D eigenvalue weighted by molar-refractivity contribution is 7.98. The number of carbonyl (C=O) groups excluding carboxylic acids is 1. The van der Waals surface area contributed by atoms with E-state index in [0.29, 0.717) is 17.6 Å². The van der Waals surface area contributed by atoms with Crippen molar-refractivity contribution in [2.45, 2.75) is 88.1 Å². The number of anilines is 1. The van der Waals surface area contributed by atoms with Crippen molar-refractivity contribution in [3.05, 3.63) is 35.4 Å². The SMILES string of the molecule is CN(c1cc(C(C)(C)C)nc(SCc2ccc(C(=O)N3CCCC3)o2)n1)C1CCCCC1. The number of aromatic nitrogens is 2. The van der Waals surface area contributed by atoms with Crippen molar-refractivity contribution in [3.8, 4) is 0 Å². The highest BCUT2D eigenvalue weighted by Gasteiger charge is 2.25. The summed E-state index contributed by atoms with van der Waals surface area (Å²) >= 11 is 1.57. The molecule has 32 heavy (non-hydrogen) atoms. The van der Waals surface area contributed by atoms with Gasteiger partial charge in [0.05, 0.1) is 11.4 Å². The number of rotatable bonds is 6. The first-order valence-corrected chi connectivity index (χ1v) is 12.9. The zero-order valence-electron chi connectivity index (χ0n) is 19.9. The normalized spacial score (nSPS) is 17.7. The maximum atomic E-state index is 12.6. The zero-order valence-corrected chi connectivity index (χ0v) is 20.7. The molecule has 2 aromatic heterocycles. The number of furan rings is 1. The van der Waals surface area contributed by atoms with Gasteiger partial charge in [0.25, 0.3) is 5.91 Å². The molecule has 0 aromatic carbocycles. The van der Waals surface area contributed by atoms with E-state index >= 15 is 0 Å². The van der Waals surface area contributed by atoms with Crippen molar-refractivity contribution in [2.24, 2.45) is 0 Å². The van der Waals surface area contributed by atoms with Crippen LogP contribution < -0.4 is 4.90 Å². The van der Waals surface area contributed by atoms with Gasteiger partial charge in [-0.2, -0.15) is 0 Å². The fourth-order valence-electron chi connectivity index (χ4n) is 4.48. The third-order valence-electron chi connectivity index (χ3n) is 6.55. The summed E-state index contributed by atoms with van der Waals surface area (Å²) in [5, 5.41) is 0.763. The van der Waals surface area contributed by atoms with Gasteiger partial charge in [-0.3, -0.25) is 4.79 Å². The number of thioether (sulfide) groups is 1. The Morgan fingerprint density at radius 3 is 2.53 bits per heavy atom. The molecule has 1 aliphatic carbocycles. The van der Waals surface area contributed by atoms with Crippen molar-refractivity contribution < 1.29 is 9.21 Å². The third-order valence-corrected chi connectivity index (χ3v) is 7.42. The summed E-state index contributed by atoms with van der Waals surface area (Å²) in [6, 6.07) is 6.40. The molecule has 0 N–H and O–H groups in total. The Hall–Kier alpha value is -2.02. The number of hydrogen-bond donors (Lipinski definition) is 0. The second-order valence-electron chi connectivity index (χ2n) is 10.1. The summed E-state index contributed by atoms with van der Waals surface area (Å²) in [7, 11) is 2.17. The number of amides is 1. The largest absolute Gasteiger partial charge is 0.455 e. The van der Waals surface area contributed by atoms with Gasteiger partial charge in [0, 0.05) is 37.7 Å². The van der Waals surface area contributed by atoms with Crippen molar-refractivity contribution >= 4 is 23.5 Å². The van der Waals surface area contributed by atoms with Crippen molar-refractivity contribution in [3.63, 3.8) is 0 Å². The molecule has 1 aliphatic heterocycles. The second kappa shape index (κ2) is 9.86. The molecule has 1 amide bonds. The first-order valence-electron chi connectivity index (χ1n) is 11.9. The van der Waals surface area contributed by atoms with Gasteiger partial charge in [0.2, 0.25) is 0 Å². The molecule has 0 radical (unpaired) electrons. The van der Waals surface area contributed by atoms with E-state index in [2.05, 4.69) is 38.8 Å². The van der Waals surface area contributed by atoms with Crippen LogP contribution in [0.5, 0.6) is 0 Å². The second-order valence-corrected chi connectivity index (χ2v) is 11.0. The average molecular weight is 457 g/mol. The molecule has 4 rings (SSSR count). The lowest BCUT2D eigenvalue weighted by Gasteiger charge is -2.33. The van der Waals surface area contributed by atoms with Crippen LogP contribution in [0.1, 0.15) is 87.7 Å². The first-order chi connectivity index (χ1) is 15.3. The van der Waals surface area contributed by atoms with Gasteiger partial charge < -0.3 is 14.2 Å². The first kappa shape index (κ1) is 23.1. The smallest absolute Gasteiger partial charge is 0.289 e. The van der Waals surface area contributed by atoms with Gasteiger partial charge in [-0.25, -0.2) is 9.97 Å². The molecule has 7 heteroatoms. The summed E-state index contributed by atoms with van der Waals surface area (Å²) in [5.41, 5.74) is 0.998. The van der Waals surface area contributed by atoms with E-state index in [-0.39, 0.29) is 11.3 Å². The molecule has 2 aliphatic rings. The summed E-state index contributed by atoms with van der Waals surface area (Å²) in [6.07, 6.45) is 8.55. The van der Waals surface area contributed by atoms with Crippen LogP contribution in [-0.2, 0) is 11.2 Å². The van der Waals surface area contributed by atoms with Gasteiger partial charge in [0.1, 0.15) is 11.6 Å². The van der Waals surface area contributed by atoms with Crippen molar-refractivity contribution in [1.29, 1.82) is 0 Å². The minimum Gasteiger partial charge on any atom is -0.455 e. The van der Waals surface area contributed by atoms with Crippen molar-refractivity contribution in [1.82, 2.24) is 14.9 Å². The average Bonchev–Trinajstić information content (AvgIpc) is 3.49. The Morgan fingerprint density at radius 2 is 1.84 bits per heavy atom. The predicted octanol–water partition coefficient (Wildman–Crippen LogP) is 5.66. The maximum Gasteiger partial charge on any atom is 0.289 e. The molecule has 2 aromatic rings. The lowest BCUT2D eigenvalue weighted by atomic mass is 9.91. The van der Waals surface area contributed by atoms with Crippen LogP contribution in [0, 0.1) is 0 Å². The topological polar surface area (TPSA) is 62.5 Å². The fraction of sp³-hybridized carbons (Fsp3) is 0.640. The Balaban J connectivity index is 1.48. The fourth-order valence-corrected chi connectivity index (χ4v) is 5.23. The van der Waals surface area contributed by atoms with Crippen LogP contribution in [0.2, 0.25) is 0 Å². The van der Waals surface area contributed by atoms with Crippen LogP contribution in [0.25, 0.3) is 0 Å². The molecule has 2 fully saturated rings. The molecule has 1 saturated carbocycles. The molecule has 0 spiro atoms. The molecule has 0 unspecified atom stereocenters. The minimum absolute atomic E-state index is 0.00104. The van der Waals surface area contributed by atoms with E-state index in [4.69, 9.17) is 14.4 Å². The Morgan fingerprint density at radius 1 is 1.12 bits per heavy atom. The number of hydrogen-bond acceptors (Lipinski definition) is 6. The van der Waals surface area contributed by atoms with E-state index in [1.54, 1.807) is 17.8 Å². The van der Waals surface area contributed by atoms with E-state index in [0.717, 1.165) is 48.4 Å². The summed E-state index contributed by atoms with van der Waals surface area (Å²) < 4.78 is 5.87. The molecule has 3 heterocycles. The van der Waals surface area contributed by atoms with E-state index in [1.165, 1.54) is 32.1 Å². The third kappa shape index (κ3) is 5.48. The van der Waals surface area contributed by atoms with Gasteiger partial charge >= 0.3 is 0 Å². The lowest BCUT2D eigenvalue weighted by molar-refractivity contribution is 0.0760. The van der Waals surface area contributed by atoms with Crippen LogP contribution in [-0.4, -0.2) is 47.0 Å². The standard InChI is InChI=1S/C25H36N4O2S/c1-25(2,3)21-16-22(28(4)18-10-6-5-7-11-18)27-24(26-21)32-17-19-12-13-20(31-19)23(30)29-14-8-9-15-29/h12-13,16,18H,5-11,14-15,17H2,1-4H3. The van der Waals surface area contributed by atoms with Gasteiger partial charge in [-0.1, -0.05) is 51.8 Å². The summed E-state index contributed by atoms with van der Waals surface area (Å²) in [4.78, 5) is 26.5.